The molecule has 0 bridgehead atoms. The highest BCUT2D eigenvalue weighted by Gasteiger charge is 2.57. The minimum absolute atomic E-state index is 0.141. The van der Waals surface area contributed by atoms with Crippen molar-refractivity contribution in [2.24, 2.45) is 17.8 Å². The molecule has 0 spiro atoms. The molecule has 0 heterocycles. The number of carbonyl (C=O) groups is 2. The van der Waals surface area contributed by atoms with Crippen molar-refractivity contribution in [3.05, 3.63) is 23.8 Å². The van der Waals surface area contributed by atoms with Gasteiger partial charge in [0.25, 0.3) is 0 Å². The van der Waals surface area contributed by atoms with Crippen molar-refractivity contribution < 1.29 is 14.7 Å². The van der Waals surface area contributed by atoms with Crippen molar-refractivity contribution >= 4 is 23.3 Å². The van der Waals surface area contributed by atoms with Gasteiger partial charge < -0.3 is 15.7 Å². The lowest BCUT2D eigenvalue weighted by molar-refractivity contribution is -0.120. The molecule has 0 aromatic heterocycles. The van der Waals surface area contributed by atoms with E-state index in [9.17, 15) is 9.59 Å². The molecule has 2 atom stereocenters. The van der Waals surface area contributed by atoms with Gasteiger partial charge in [-0.25, -0.2) is 4.79 Å². The summed E-state index contributed by atoms with van der Waals surface area (Å²) in [5.41, 5.74) is 7.06. The smallest absolute Gasteiger partial charge is 0.335 e. The Labute approximate surface area is 123 Å². The number of carboxylic acid groups (broad SMARTS) is 1. The molecule has 2 unspecified atom stereocenters. The van der Waals surface area contributed by atoms with E-state index in [1.54, 1.807) is 11.0 Å². The quantitative estimate of drug-likeness (QED) is 0.833. The predicted molar refractivity (Wildman–Crippen MR) is 80.2 cm³/mol. The van der Waals surface area contributed by atoms with Crippen molar-refractivity contribution in [1.82, 2.24) is 0 Å². The zero-order valence-electron chi connectivity index (χ0n) is 12.1. The molecule has 2 aliphatic rings. The topological polar surface area (TPSA) is 83.6 Å². The molecule has 0 radical (unpaired) electrons. The normalized spacial score (nSPS) is 26.2. The summed E-state index contributed by atoms with van der Waals surface area (Å²) in [7, 11) is 0. The molecule has 0 aliphatic heterocycles. The minimum atomic E-state index is -1.01. The third kappa shape index (κ3) is 2.26. The van der Waals surface area contributed by atoms with Gasteiger partial charge in [-0.3, -0.25) is 4.79 Å². The van der Waals surface area contributed by atoms with Gasteiger partial charge in [0.1, 0.15) is 0 Å². The highest BCUT2D eigenvalue weighted by Crippen LogP contribution is 2.58. The number of hydrogen-bond donors (Lipinski definition) is 2. The number of hydrogen-bond acceptors (Lipinski definition) is 3. The summed E-state index contributed by atoms with van der Waals surface area (Å²) in [5, 5.41) is 8.98. The summed E-state index contributed by atoms with van der Waals surface area (Å²) >= 11 is 0. The van der Waals surface area contributed by atoms with Crippen LogP contribution in [-0.4, -0.2) is 23.5 Å². The van der Waals surface area contributed by atoms with Crippen LogP contribution in [0, 0.1) is 17.8 Å². The average Bonchev–Trinajstić information content (AvgIpc) is 2.93. The molecule has 1 aromatic carbocycles. The van der Waals surface area contributed by atoms with Gasteiger partial charge in [0, 0.05) is 12.5 Å². The van der Waals surface area contributed by atoms with Gasteiger partial charge in [-0.15, -0.1) is 0 Å². The van der Waals surface area contributed by atoms with Crippen LogP contribution in [0.1, 0.15) is 36.5 Å². The number of rotatable bonds is 4. The fourth-order valence-electron chi connectivity index (χ4n) is 3.75. The zero-order chi connectivity index (χ0) is 15.1. The van der Waals surface area contributed by atoms with E-state index in [0.717, 1.165) is 12.8 Å². The number of fused-ring (bicyclic) bond motifs is 1. The Morgan fingerprint density at radius 3 is 2.52 bits per heavy atom. The third-order valence-electron chi connectivity index (χ3n) is 4.84. The number of nitrogen functional groups attached to an aromatic ring is 1. The predicted octanol–water partition coefficient (Wildman–Crippen LogP) is 2.37. The van der Waals surface area contributed by atoms with Crippen molar-refractivity contribution in [3.63, 3.8) is 0 Å². The van der Waals surface area contributed by atoms with E-state index in [1.807, 2.05) is 6.92 Å². The van der Waals surface area contributed by atoms with Crippen LogP contribution in [0.15, 0.2) is 18.2 Å². The van der Waals surface area contributed by atoms with Crippen molar-refractivity contribution in [1.29, 1.82) is 0 Å². The van der Waals surface area contributed by atoms with Crippen LogP contribution in [-0.2, 0) is 4.79 Å². The maximum atomic E-state index is 12.7. The van der Waals surface area contributed by atoms with Crippen molar-refractivity contribution in [2.75, 3.05) is 17.2 Å². The van der Waals surface area contributed by atoms with Crippen LogP contribution in [0.25, 0.3) is 0 Å². The largest absolute Gasteiger partial charge is 0.478 e. The summed E-state index contributed by atoms with van der Waals surface area (Å²) in [4.78, 5) is 25.3. The lowest BCUT2D eigenvalue weighted by atomic mass is 10.1. The fraction of sp³-hybridized carbons (Fsp3) is 0.500. The first-order valence-corrected chi connectivity index (χ1v) is 7.48. The van der Waals surface area contributed by atoms with Crippen LogP contribution in [0.5, 0.6) is 0 Å². The van der Waals surface area contributed by atoms with Gasteiger partial charge in [-0.1, -0.05) is 6.42 Å². The Morgan fingerprint density at radius 1 is 1.33 bits per heavy atom. The highest BCUT2D eigenvalue weighted by molar-refractivity contribution is 6.00. The molecule has 112 valence electrons. The highest BCUT2D eigenvalue weighted by atomic mass is 16.4. The van der Waals surface area contributed by atoms with Gasteiger partial charge in [0.15, 0.2) is 0 Å². The molecule has 0 saturated heterocycles. The molecule has 2 fully saturated rings. The van der Waals surface area contributed by atoms with E-state index in [1.165, 1.54) is 18.6 Å². The first-order chi connectivity index (χ1) is 10.0. The van der Waals surface area contributed by atoms with E-state index in [2.05, 4.69) is 0 Å². The van der Waals surface area contributed by atoms with Crippen LogP contribution >= 0.6 is 0 Å². The number of carboxylic acids is 1. The minimum Gasteiger partial charge on any atom is -0.478 e. The van der Waals surface area contributed by atoms with Gasteiger partial charge in [-0.05, 0) is 49.8 Å². The van der Waals surface area contributed by atoms with Crippen LogP contribution in [0.2, 0.25) is 0 Å². The average molecular weight is 288 g/mol. The molecule has 3 N–H and O–H groups in total. The van der Waals surface area contributed by atoms with Crippen LogP contribution in [0.3, 0.4) is 0 Å². The number of anilines is 2. The summed E-state index contributed by atoms with van der Waals surface area (Å²) in [6.07, 6.45) is 3.55. The Hall–Kier alpha value is -2.04. The number of carbonyl (C=O) groups excluding carboxylic acids is 1. The van der Waals surface area contributed by atoms with Crippen molar-refractivity contribution in [3.8, 4) is 0 Å². The van der Waals surface area contributed by atoms with E-state index < -0.39 is 5.97 Å². The maximum Gasteiger partial charge on any atom is 0.335 e. The molecule has 2 saturated carbocycles. The second-order valence-corrected chi connectivity index (χ2v) is 5.95. The summed E-state index contributed by atoms with van der Waals surface area (Å²) in [6, 6.07) is 4.55. The second-order valence-electron chi connectivity index (χ2n) is 5.95. The lowest BCUT2D eigenvalue weighted by Gasteiger charge is -2.23. The lowest BCUT2D eigenvalue weighted by Crippen LogP contribution is -2.33. The zero-order valence-corrected chi connectivity index (χ0v) is 12.1. The van der Waals surface area contributed by atoms with Crippen molar-refractivity contribution in [2.45, 2.75) is 26.2 Å². The molecule has 21 heavy (non-hydrogen) atoms. The number of nitrogens with zero attached hydrogens (tertiary/aromatic N) is 1. The molecule has 3 rings (SSSR count). The summed E-state index contributed by atoms with van der Waals surface area (Å²) < 4.78 is 0. The monoisotopic (exact) mass is 288 g/mol. The summed E-state index contributed by atoms with van der Waals surface area (Å²) in [6.45, 7) is 2.46. The van der Waals surface area contributed by atoms with E-state index in [4.69, 9.17) is 10.8 Å². The Balaban J connectivity index is 1.83. The second kappa shape index (κ2) is 5.06. The summed E-state index contributed by atoms with van der Waals surface area (Å²) in [5.74, 6) is 0.399. The molecule has 5 heteroatoms. The van der Waals surface area contributed by atoms with Crippen LogP contribution in [0.4, 0.5) is 11.4 Å². The molecule has 1 aromatic rings. The molecular formula is C16H20N2O3. The van der Waals surface area contributed by atoms with Gasteiger partial charge in [-0.2, -0.15) is 0 Å². The number of amides is 1. The standard InChI is InChI=1S/C16H20N2O3/c1-2-18(15(19)14-10-4-3-5-11(10)14)13-7-6-9(16(20)21)8-12(13)17/h6-8,10-11,14H,2-5,17H2,1H3,(H,20,21). The van der Waals surface area contributed by atoms with E-state index >= 15 is 0 Å². The first kappa shape index (κ1) is 13.9. The third-order valence-corrected chi connectivity index (χ3v) is 4.84. The molecule has 1 amide bonds. The maximum absolute atomic E-state index is 12.7. The van der Waals surface area contributed by atoms with Gasteiger partial charge >= 0.3 is 5.97 Å². The number of aromatic carboxylic acids is 1. The number of nitrogens with two attached hydrogens (primary N) is 1. The SMILES string of the molecule is CCN(C(=O)C1C2CCCC21)c1ccc(C(=O)O)cc1N. The number of benzene rings is 1. The Kier molecular flexibility index (Phi) is 3.35. The molecule has 5 nitrogen and oxygen atoms in total. The molecule has 2 aliphatic carbocycles. The van der Waals surface area contributed by atoms with Gasteiger partial charge in [0.2, 0.25) is 5.91 Å². The van der Waals surface area contributed by atoms with Crippen LogP contribution < -0.4 is 10.6 Å². The van der Waals surface area contributed by atoms with E-state index in [0.29, 0.717) is 29.8 Å². The Bertz CT molecular complexity index is 589. The van der Waals surface area contributed by atoms with E-state index in [-0.39, 0.29) is 17.4 Å². The Morgan fingerprint density at radius 2 is 2.00 bits per heavy atom. The fourth-order valence-corrected chi connectivity index (χ4v) is 3.75. The molecular weight excluding hydrogens is 268 g/mol. The first-order valence-electron chi connectivity index (χ1n) is 7.48. The van der Waals surface area contributed by atoms with Gasteiger partial charge in [0.05, 0.1) is 16.9 Å².